The van der Waals surface area contributed by atoms with Crippen LogP contribution in [0.4, 0.5) is 0 Å². The number of carboxylic acids is 1. The summed E-state index contributed by atoms with van der Waals surface area (Å²) in [7, 11) is 0. The van der Waals surface area contributed by atoms with Gasteiger partial charge in [0.15, 0.2) is 0 Å². The molecule has 1 aromatic carbocycles. The summed E-state index contributed by atoms with van der Waals surface area (Å²) in [4.78, 5) is 23.4. The van der Waals surface area contributed by atoms with Gasteiger partial charge >= 0.3 is 5.97 Å². The number of hydrogen-bond acceptors (Lipinski definition) is 2. The van der Waals surface area contributed by atoms with Gasteiger partial charge < -0.3 is 10.4 Å². The number of carbonyl (C=O) groups is 2. The summed E-state index contributed by atoms with van der Waals surface area (Å²) in [6.07, 6.45) is 0.958. The third-order valence-electron chi connectivity index (χ3n) is 4.15. The summed E-state index contributed by atoms with van der Waals surface area (Å²) in [5.41, 5.74) is 1.45. The molecule has 21 heavy (non-hydrogen) atoms. The smallest absolute Gasteiger partial charge is 0.308 e. The van der Waals surface area contributed by atoms with E-state index < -0.39 is 23.3 Å². The minimum Gasteiger partial charge on any atom is -0.481 e. The van der Waals surface area contributed by atoms with Gasteiger partial charge in [-0.15, -0.1) is 0 Å². The molecule has 0 aliphatic carbocycles. The van der Waals surface area contributed by atoms with Gasteiger partial charge in [0.2, 0.25) is 5.91 Å². The number of hydrogen-bond donors (Lipinski definition) is 2. The molecule has 0 saturated heterocycles. The molecule has 1 aromatic rings. The zero-order chi connectivity index (χ0) is 16.2. The molecule has 0 fully saturated rings. The lowest BCUT2D eigenvalue weighted by Crippen LogP contribution is -2.47. The minimum absolute atomic E-state index is 0.160. The maximum absolute atomic E-state index is 12.5. The molecule has 0 aliphatic heterocycles. The highest BCUT2D eigenvalue weighted by molar-refractivity contribution is 5.88. The van der Waals surface area contributed by atoms with Gasteiger partial charge in [-0.1, -0.05) is 31.2 Å². The maximum Gasteiger partial charge on any atom is 0.308 e. The number of amides is 1. The fourth-order valence-corrected chi connectivity index (χ4v) is 2.01. The molecular weight excluding hydrogens is 266 g/mol. The number of nitrogens with one attached hydrogen (secondary N) is 1. The minimum atomic E-state index is -0.909. The largest absolute Gasteiger partial charge is 0.481 e. The van der Waals surface area contributed by atoms with E-state index in [9.17, 15) is 9.59 Å². The van der Waals surface area contributed by atoms with Crippen LogP contribution in [0.5, 0.6) is 0 Å². The van der Waals surface area contributed by atoms with E-state index in [4.69, 9.17) is 5.11 Å². The van der Waals surface area contributed by atoms with Crippen LogP contribution in [0.25, 0.3) is 0 Å². The third kappa shape index (κ3) is 4.06. The van der Waals surface area contributed by atoms with Gasteiger partial charge in [0, 0.05) is 6.04 Å². The average molecular weight is 291 g/mol. The lowest BCUT2D eigenvalue weighted by atomic mass is 9.82. The Morgan fingerprint density at radius 2 is 1.71 bits per heavy atom. The Labute approximate surface area is 126 Å². The van der Waals surface area contributed by atoms with Gasteiger partial charge in [0.1, 0.15) is 0 Å². The molecule has 2 atom stereocenters. The van der Waals surface area contributed by atoms with Crippen LogP contribution in [-0.2, 0) is 21.4 Å². The van der Waals surface area contributed by atoms with Gasteiger partial charge in [0.05, 0.1) is 11.3 Å². The van der Waals surface area contributed by atoms with E-state index in [0.717, 1.165) is 12.0 Å². The van der Waals surface area contributed by atoms with Crippen molar-refractivity contribution in [3.05, 3.63) is 35.4 Å². The van der Waals surface area contributed by atoms with Gasteiger partial charge in [-0.3, -0.25) is 9.59 Å². The zero-order valence-corrected chi connectivity index (χ0v) is 13.4. The van der Waals surface area contributed by atoms with Crippen LogP contribution in [0.2, 0.25) is 0 Å². The Hall–Kier alpha value is -1.84. The molecule has 4 nitrogen and oxygen atoms in total. The van der Waals surface area contributed by atoms with Crippen LogP contribution in [0.1, 0.15) is 45.7 Å². The number of carboxylic acid groups (broad SMARTS) is 1. The molecule has 0 heterocycles. The molecule has 0 bridgehead atoms. The van der Waals surface area contributed by atoms with Crippen molar-refractivity contribution in [3.63, 3.8) is 0 Å². The number of aliphatic carboxylic acids is 1. The Kier molecular flexibility index (Phi) is 5.53. The summed E-state index contributed by atoms with van der Waals surface area (Å²) in [6.45, 7) is 9.09. The monoisotopic (exact) mass is 291 g/mol. The zero-order valence-electron chi connectivity index (χ0n) is 13.4. The number of rotatable bonds is 6. The van der Waals surface area contributed by atoms with Gasteiger partial charge in [-0.25, -0.2) is 0 Å². The highest BCUT2D eigenvalue weighted by atomic mass is 16.4. The van der Waals surface area contributed by atoms with Crippen molar-refractivity contribution >= 4 is 11.9 Å². The van der Waals surface area contributed by atoms with E-state index >= 15 is 0 Å². The van der Waals surface area contributed by atoms with Crippen LogP contribution >= 0.6 is 0 Å². The Morgan fingerprint density at radius 3 is 2.14 bits per heavy atom. The summed E-state index contributed by atoms with van der Waals surface area (Å²) in [5, 5.41) is 11.8. The first-order valence-electron chi connectivity index (χ1n) is 7.33. The predicted molar refractivity (Wildman–Crippen MR) is 83.3 cm³/mol. The molecule has 2 unspecified atom stereocenters. The maximum atomic E-state index is 12.5. The summed E-state index contributed by atoms with van der Waals surface area (Å²) >= 11 is 0. The van der Waals surface area contributed by atoms with Gasteiger partial charge in [0.25, 0.3) is 0 Å². The van der Waals surface area contributed by atoms with Crippen LogP contribution in [0, 0.1) is 5.92 Å². The Balaban J connectivity index is 2.85. The van der Waals surface area contributed by atoms with Crippen molar-refractivity contribution in [2.24, 2.45) is 5.92 Å². The number of benzene rings is 1. The van der Waals surface area contributed by atoms with Crippen LogP contribution in [-0.4, -0.2) is 23.0 Å². The lowest BCUT2D eigenvalue weighted by molar-refractivity contribution is -0.142. The van der Waals surface area contributed by atoms with Crippen molar-refractivity contribution in [2.75, 3.05) is 0 Å². The van der Waals surface area contributed by atoms with E-state index in [0.29, 0.717) is 0 Å². The molecule has 0 radical (unpaired) electrons. The molecule has 0 aliphatic rings. The molecular formula is C17H25NO3. The lowest BCUT2D eigenvalue weighted by Gasteiger charge is -2.28. The summed E-state index contributed by atoms with van der Waals surface area (Å²) < 4.78 is 0. The van der Waals surface area contributed by atoms with E-state index in [1.165, 1.54) is 5.56 Å². The average Bonchev–Trinajstić information content (AvgIpc) is 2.46. The summed E-state index contributed by atoms with van der Waals surface area (Å²) in [5.74, 6) is -1.69. The topological polar surface area (TPSA) is 66.4 Å². The van der Waals surface area contributed by atoms with Crippen molar-refractivity contribution in [1.82, 2.24) is 5.32 Å². The molecule has 0 saturated carbocycles. The first-order valence-corrected chi connectivity index (χ1v) is 7.33. The van der Waals surface area contributed by atoms with Crippen molar-refractivity contribution in [2.45, 2.75) is 52.5 Å². The molecule has 0 aromatic heterocycles. The fraction of sp³-hybridized carbons (Fsp3) is 0.529. The Bertz CT molecular complexity index is 505. The molecule has 116 valence electrons. The van der Waals surface area contributed by atoms with E-state index in [-0.39, 0.29) is 5.91 Å². The van der Waals surface area contributed by atoms with Crippen molar-refractivity contribution in [1.29, 1.82) is 0 Å². The number of carbonyl (C=O) groups excluding carboxylic acids is 1. The summed E-state index contributed by atoms with van der Waals surface area (Å²) in [6, 6.07) is 7.55. The second-order valence-corrected chi connectivity index (χ2v) is 6.06. The quantitative estimate of drug-likeness (QED) is 0.847. The molecule has 1 rings (SSSR count). The van der Waals surface area contributed by atoms with E-state index in [1.54, 1.807) is 13.8 Å². The number of aryl methyl sites for hydroxylation is 1. The first-order chi connectivity index (χ1) is 9.70. The second-order valence-electron chi connectivity index (χ2n) is 6.06. The third-order valence-corrected chi connectivity index (χ3v) is 4.15. The molecule has 1 amide bonds. The van der Waals surface area contributed by atoms with Crippen LogP contribution in [0.3, 0.4) is 0 Å². The predicted octanol–water partition coefficient (Wildman–Crippen LogP) is 2.75. The highest BCUT2D eigenvalue weighted by Gasteiger charge is 2.32. The highest BCUT2D eigenvalue weighted by Crippen LogP contribution is 2.24. The molecule has 2 N–H and O–H groups in total. The molecule has 0 spiro atoms. The Morgan fingerprint density at radius 1 is 1.19 bits per heavy atom. The van der Waals surface area contributed by atoms with E-state index in [2.05, 4.69) is 12.2 Å². The standard InChI is InChI=1S/C17H25NO3/c1-6-13-7-9-14(10-8-13)17(4,5)16(21)18-12(3)11(2)15(19)20/h7-12H,6H2,1-5H3,(H,18,21)(H,19,20). The van der Waals surface area contributed by atoms with Gasteiger partial charge in [-0.05, 0) is 45.2 Å². The van der Waals surface area contributed by atoms with E-state index in [1.807, 2.05) is 38.1 Å². The van der Waals surface area contributed by atoms with Gasteiger partial charge in [-0.2, -0.15) is 0 Å². The normalized spacial score (nSPS) is 14.3. The second kappa shape index (κ2) is 6.74. The van der Waals surface area contributed by atoms with Crippen LogP contribution in [0.15, 0.2) is 24.3 Å². The van der Waals surface area contributed by atoms with Crippen molar-refractivity contribution in [3.8, 4) is 0 Å². The fourth-order valence-electron chi connectivity index (χ4n) is 2.01. The van der Waals surface area contributed by atoms with Crippen molar-refractivity contribution < 1.29 is 14.7 Å². The van der Waals surface area contributed by atoms with Crippen LogP contribution < -0.4 is 5.32 Å². The SMILES string of the molecule is CCc1ccc(C(C)(C)C(=O)NC(C)C(C)C(=O)O)cc1. The first kappa shape index (κ1) is 17.2. The molecule has 4 heteroatoms.